The SMILES string of the molecule is C[C@@H](NC[C@H](O)[C@H](Cc1ccccc1)NC(=O)O)c1ccccc1. The number of nitrogens with one attached hydrogen (secondary N) is 2. The van der Waals surface area contributed by atoms with E-state index >= 15 is 0 Å². The molecule has 0 unspecified atom stereocenters. The molecule has 0 aliphatic heterocycles. The van der Waals surface area contributed by atoms with E-state index in [-0.39, 0.29) is 6.04 Å². The molecule has 2 aromatic rings. The first-order chi connectivity index (χ1) is 11.6. The van der Waals surface area contributed by atoms with Crippen molar-refractivity contribution in [2.45, 2.75) is 31.5 Å². The molecule has 0 aliphatic rings. The molecule has 1 amide bonds. The molecule has 5 nitrogen and oxygen atoms in total. The van der Waals surface area contributed by atoms with Gasteiger partial charge in [-0.05, 0) is 24.5 Å². The molecule has 2 aromatic carbocycles. The first kappa shape index (κ1) is 18.0. The maximum absolute atomic E-state index is 11.0. The highest BCUT2D eigenvalue weighted by molar-refractivity contribution is 5.65. The van der Waals surface area contributed by atoms with E-state index in [1.165, 1.54) is 0 Å². The van der Waals surface area contributed by atoms with Crippen molar-refractivity contribution in [2.75, 3.05) is 6.54 Å². The molecule has 3 atom stereocenters. The molecular formula is C19H24N2O3. The number of aliphatic hydroxyl groups is 1. The van der Waals surface area contributed by atoms with Gasteiger partial charge in [0, 0.05) is 12.6 Å². The van der Waals surface area contributed by atoms with Crippen molar-refractivity contribution in [3.63, 3.8) is 0 Å². The van der Waals surface area contributed by atoms with Crippen molar-refractivity contribution in [3.05, 3.63) is 71.8 Å². The van der Waals surface area contributed by atoms with Crippen LogP contribution < -0.4 is 10.6 Å². The zero-order valence-corrected chi connectivity index (χ0v) is 13.7. The van der Waals surface area contributed by atoms with Gasteiger partial charge in [0.15, 0.2) is 0 Å². The Morgan fingerprint density at radius 2 is 1.62 bits per heavy atom. The van der Waals surface area contributed by atoms with Crippen molar-refractivity contribution in [2.24, 2.45) is 0 Å². The summed E-state index contributed by atoms with van der Waals surface area (Å²) in [4.78, 5) is 11.0. The predicted molar refractivity (Wildman–Crippen MR) is 94.0 cm³/mol. The van der Waals surface area contributed by atoms with Crippen LogP contribution in [0.3, 0.4) is 0 Å². The number of amides is 1. The number of hydrogen-bond donors (Lipinski definition) is 4. The lowest BCUT2D eigenvalue weighted by molar-refractivity contribution is 0.115. The number of carbonyl (C=O) groups is 1. The van der Waals surface area contributed by atoms with Crippen LogP contribution in [0.4, 0.5) is 4.79 Å². The van der Waals surface area contributed by atoms with E-state index < -0.39 is 18.2 Å². The van der Waals surface area contributed by atoms with Gasteiger partial charge in [-0.3, -0.25) is 0 Å². The monoisotopic (exact) mass is 328 g/mol. The van der Waals surface area contributed by atoms with Crippen LogP contribution >= 0.6 is 0 Å². The minimum Gasteiger partial charge on any atom is -0.465 e. The lowest BCUT2D eigenvalue weighted by Crippen LogP contribution is -2.48. The van der Waals surface area contributed by atoms with Crippen LogP contribution in [0, 0.1) is 0 Å². The molecule has 0 spiro atoms. The highest BCUT2D eigenvalue weighted by Crippen LogP contribution is 2.12. The molecule has 0 aromatic heterocycles. The molecule has 24 heavy (non-hydrogen) atoms. The maximum atomic E-state index is 11.0. The molecule has 0 heterocycles. The summed E-state index contributed by atoms with van der Waals surface area (Å²) in [5, 5.41) is 25.1. The van der Waals surface area contributed by atoms with Crippen molar-refractivity contribution in [1.29, 1.82) is 0 Å². The molecule has 5 heteroatoms. The highest BCUT2D eigenvalue weighted by atomic mass is 16.4. The standard InChI is InChI=1S/C19H24N2O3/c1-14(16-10-6-3-7-11-16)20-13-18(22)17(21-19(23)24)12-15-8-4-2-5-9-15/h2-11,14,17-18,20-22H,12-13H2,1H3,(H,23,24)/t14-,17+,18+/m1/s1. The quantitative estimate of drug-likeness (QED) is 0.600. The van der Waals surface area contributed by atoms with Gasteiger partial charge >= 0.3 is 6.09 Å². The van der Waals surface area contributed by atoms with Gasteiger partial charge < -0.3 is 20.8 Å². The largest absolute Gasteiger partial charge is 0.465 e. The minimum atomic E-state index is -1.13. The van der Waals surface area contributed by atoms with E-state index in [0.29, 0.717) is 13.0 Å². The fraction of sp³-hybridized carbons (Fsp3) is 0.316. The van der Waals surface area contributed by atoms with Gasteiger partial charge in [0.2, 0.25) is 0 Å². The Bertz CT molecular complexity index is 619. The Hall–Kier alpha value is -2.37. The van der Waals surface area contributed by atoms with Crippen LogP contribution in [-0.4, -0.2) is 35.0 Å². The maximum Gasteiger partial charge on any atom is 0.404 e. The van der Waals surface area contributed by atoms with Gasteiger partial charge in [-0.25, -0.2) is 4.79 Å². The van der Waals surface area contributed by atoms with E-state index in [1.54, 1.807) is 0 Å². The molecule has 4 N–H and O–H groups in total. The molecule has 0 fully saturated rings. The lowest BCUT2D eigenvalue weighted by atomic mass is 10.0. The summed E-state index contributed by atoms with van der Waals surface area (Å²) in [6, 6.07) is 19.0. The zero-order chi connectivity index (χ0) is 17.4. The fourth-order valence-electron chi connectivity index (χ4n) is 2.61. The predicted octanol–water partition coefficient (Wildman–Crippen LogP) is 2.58. The summed E-state index contributed by atoms with van der Waals surface area (Å²) in [6.07, 6.45) is -1.52. The Kier molecular flexibility index (Phi) is 6.78. The summed E-state index contributed by atoms with van der Waals surface area (Å²) in [7, 11) is 0. The lowest BCUT2D eigenvalue weighted by Gasteiger charge is -2.25. The second kappa shape index (κ2) is 9.05. The van der Waals surface area contributed by atoms with E-state index in [4.69, 9.17) is 5.11 Å². The van der Waals surface area contributed by atoms with Crippen LogP contribution in [0.2, 0.25) is 0 Å². The number of hydrogen-bond acceptors (Lipinski definition) is 3. The number of benzene rings is 2. The second-order valence-electron chi connectivity index (χ2n) is 5.85. The summed E-state index contributed by atoms with van der Waals surface area (Å²) in [6.45, 7) is 2.31. The summed E-state index contributed by atoms with van der Waals surface area (Å²) < 4.78 is 0. The van der Waals surface area contributed by atoms with E-state index in [0.717, 1.165) is 11.1 Å². The minimum absolute atomic E-state index is 0.0723. The van der Waals surface area contributed by atoms with Gasteiger partial charge in [-0.2, -0.15) is 0 Å². The van der Waals surface area contributed by atoms with E-state index in [1.807, 2.05) is 67.6 Å². The van der Waals surface area contributed by atoms with Gasteiger partial charge in [0.1, 0.15) is 0 Å². The molecule has 2 rings (SSSR count). The Morgan fingerprint density at radius 1 is 1.04 bits per heavy atom. The number of rotatable bonds is 8. The third-order valence-electron chi connectivity index (χ3n) is 4.00. The van der Waals surface area contributed by atoms with Gasteiger partial charge in [-0.15, -0.1) is 0 Å². The fourth-order valence-corrected chi connectivity index (χ4v) is 2.61. The van der Waals surface area contributed by atoms with Crippen LogP contribution in [0.25, 0.3) is 0 Å². The smallest absolute Gasteiger partial charge is 0.404 e. The molecular weight excluding hydrogens is 304 g/mol. The summed E-state index contributed by atoms with van der Waals surface area (Å²) >= 11 is 0. The summed E-state index contributed by atoms with van der Waals surface area (Å²) in [5.74, 6) is 0. The van der Waals surface area contributed by atoms with Gasteiger partial charge in [0.05, 0.1) is 12.1 Å². The second-order valence-corrected chi connectivity index (χ2v) is 5.85. The van der Waals surface area contributed by atoms with Crippen LogP contribution in [0.15, 0.2) is 60.7 Å². The molecule has 0 radical (unpaired) electrons. The molecule has 0 bridgehead atoms. The Balaban J connectivity index is 1.94. The molecule has 0 aliphatic carbocycles. The Morgan fingerprint density at radius 3 is 2.21 bits per heavy atom. The topological polar surface area (TPSA) is 81.6 Å². The van der Waals surface area contributed by atoms with Crippen molar-refractivity contribution >= 4 is 6.09 Å². The van der Waals surface area contributed by atoms with E-state index in [9.17, 15) is 9.90 Å². The van der Waals surface area contributed by atoms with Crippen molar-refractivity contribution in [3.8, 4) is 0 Å². The number of carboxylic acid groups (broad SMARTS) is 1. The molecule has 0 saturated heterocycles. The number of aliphatic hydroxyl groups excluding tert-OH is 1. The van der Waals surface area contributed by atoms with Crippen LogP contribution in [-0.2, 0) is 6.42 Å². The zero-order valence-electron chi connectivity index (χ0n) is 13.7. The van der Waals surface area contributed by atoms with Gasteiger partial charge in [0.25, 0.3) is 0 Å². The molecule has 0 saturated carbocycles. The van der Waals surface area contributed by atoms with Crippen molar-refractivity contribution < 1.29 is 15.0 Å². The molecule has 128 valence electrons. The average molecular weight is 328 g/mol. The third kappa shape index (κ3) is 5.68. The van der Waals surface area contributed by atoms with E-state index in [2.05, 4.69) is 10.6 Å². The van der Waals surface area contributed by atoms with Crippen molar-refractivity contribution in [1.82, 2.24) is 10.6 Å². The normalized spacial score (nSPS) is 14.6. The summed E-state index contributed by atoms with van der Waals surface area (Å²) in [5.41, 5.74) is 2.10. The van der Waals surface area contributed by atoms with Crippen LogP contribution in [0.1, 0.15) is 24.1 Å². The highest BCUT2D eigenvalue weighted by Gasteiger charge is 2.22. The van der Waals surface area contributed by atoms with Gasteiger partial charge in [-0.1, -0.05) is 60.7 Å². The first-order valence-corrected chi connectivity index (χ1v) is 8.06. The van der Waals surface area contributed by atoms with Crippen LogP contribution in [0.5, 0.6) is 0 Å². The third-order valence-corrected chi connectivity index (χ3v) is 4.00. The Labute approximate surface area is 142 Å². The first-order valence-electron chi connectivity index (χ1n) is 8.06. The average Bonchev–Trinajstić information content (AvgIpc) is 2.60.